The Labute approximate surface area is 137 Å². The summed E-state index contributed by atoms with van der Waals surface area (Å²) >= 11 is 1.68. The van der Waals surface area contributed by atoms with Crippen LogP contribution in [0.25, 0.3) is 10.4 Å². The zero-order valence-corrected chi connectivity index (χ0v) is 13.4. The fraction of sp³-hybridized carbons (Fsp3) is 0.111. The van der Waals surface area contributed by atoms with Crippen LogP contribution >= 0.6 is 11.3 Å². The summed E-state index contributed by atoms with van der Waals surface area (Å²) in [4.78, 5) is 27.8. The molecule has 116 valence electrons. The van der Waals surface area contributed by atoms with Gasteiger partial charge in [-0.25, -0.2) is 4.79 Å². The fourth-order valence-electron chi connectivity index (χ4n) is 2.18. The average Bonchev–Trinajstić information content (AvgIpc) is 3.10. The van der Waals surface area contributed by atoms with Crippen LogP contribution in [0.4, 0.5) is 0 Å². The molecule has 5 heteroatoms. The fourth-order valence-corrected chi connectivity index (χ4v) is 2.91. The van der Waals surface area contributed by atoms with Crippen LogP contribution in [-0.2, 0) is 11.3 Å². The smallest absolute Gasteiger partial charge is 0.343 e. The summed E-state index contributed by atoms with van der Waals surface area (Å²) in [7, 11) is 0. The van der Waals surface area contributed by atoms with Crippen molar-refractivity contribution in [3.63, 3.8) is 0 Å². The summed E-state index contributed by atoms with van der Waals surface area (Å²) in [6, 6.07) is 11.9. The van der Waals surface area contributed by atoms with Crippen molar-refractivity contribution in [3.8, 4) is 10.4 Å². The quantitative estimate of drug-likeness (QED) is 0.743. The van der Waals surface area contributed by atoms with Crippen LogP contribution in [-0.4, -0.2) is 11.0 Å². The van der Waals surface area contributed by atoms with Gasteiger partial charge in [-0.1, -0.05) is 30.3 Å². The molecule has 0 spiro atoms. The van der Waals surface area contributed by atoms with E-state index in [1.54, 1.807) is 24.5 Å². The summed E-state index contributed by atoms with van der Waals surface area (Å²) in [5, 5.41) is 2.03. The number of hydrogen-bond donors (Lipinski definition) is 1. The molecule has 3 rings (SSSR count). The molecular weight excluding hydrogens is 310 g/mol. The van der Waals surface area contributed by atoms with Crippen LogP contribution < -0.4 is 5.43 Å². The summed E-state index contributed by atoms with van der Waals surface area (Å²) < 4.78 is 5.22. The van der Waals surface area contributed by atoms with Gasteiger partial charge < -0.3 is 9.72 Å². The predicted octanol–water partition coefficient (Wildman–Crippen LogP) is 3.77. The van der Waals surface area contributed by atoms with E-state index in [1.165, 1.54) is 11.1 Å². The molecule has 1 aromatic carbocycles. The van der Waals surface area contributed by atoms with Gasteiger partial charge in [0.1, 0.15) is 12.2 Å². The maximum absolute atomic E-state index is 12.0. The zero-order chi connectivity index (χ0) is 16.2. The van der Waals surface area contributed by atoms with Crippen molar-refractivity contribution in [1.29, 1.82) is 0 Å². The zero-order valence-electron chi connectivity index (χ0n) is 12.5. The number of aryl methyl sites for hydroxylation is 1. The van der Waals surface area contributed by atoms with E-state index >= 15 is 0 Å². The normalized spacial score (nSPS) is 10.5. The second-order valence-corrected chi connectivity index (χ2v) is 6.08. The first kappa shape index (κ1) is 15.2. The molecule has 23 heavy (non-hydrogen) atoms. The highest BCUT2D eigenvalue weighted by Gasteiger charge is 2.13. The van der Waals surface area contributed by atoms with Crippen LogP contribution in [0.5, 0.6) is 0 Å². The van der Waals surface area contributed by atoms with Gasteiger partial charge in [0.05, 0.1) is 0 Å². The highest BCUT2D eigenvalue weighted by atomic mass is 32.1. The van der Waals surface area contributed by atoms with Crippen LogP contribution in [0.2, 0.25) is 0 Å². The first-order valence-corrected chi connectivity index (χ1v) is 8.01. The van der Waals surface area contributed by atoms with Gasteiger partial charge in [-0.15, -0.1) is 11.3 Å². The molecule has 1 N–H and O–H groups in total. The molecule has 0 atom stereocenters. The topological polar surface area (TPSA) is 59.2 Å². The molecule has 0 aliphatic heterocycles. The molecule has 0 aliphatic carbocycles. The highest BCUT2D eigenvalue weighted by Crippen LogP contribution is 2.24. The third-order valence-electron chi connectivity index (χ3n) is 3.48. The number of aromatic nitrogens is 1. The number of benzene rings is 1. The minimum Gasteiger partial charge on any atom is -0.457 e. The number of ether oxygens (including phenoxy) is 1. The third-order valence-corrected chi connectivity index (χ3v) is 4.40. The lowest BCUT2D eigenvalue weighted by Crippen LogP contribution is -2.19. The van der Waals surface area contributed by atoms with Gasteiger partial charge in [0.25, 0.3) is 0 Å². The van der Waals surface area contributed by atoms with Crippen LogP contribution in [0, 0.1) is 6.92 Å². The Hall–Kier alpha value is -2.66. The van der Waals surface area contributed by atoms with Gasteiger partial charge in [0.15, 0.2) is 5.43 Å². The summed E-state index contributed by atoms with van der Waals surface area (Å²) in [5.74, 6) is -0.614. The molecule has 0 radical (unpaired) electrons. The maximum Gasteiger partial charge on any atom is 0.343 e. The highest BCUT2D eigenvalue weighted by molar-refractivity contribution is 7.13. The first-order valence-electron chi connectivity index (χ1n) is 7.13. The second kappa shape index (κ2) is 6.62. The third kappa shape index (κ3) is 3.40. The van der Waals surface area contributed by atoms with E-state index in [4.69, 9.17) is 4.74 Å². The first-order chi connectivity index (χ1) is 11.1. The molecule has 2 aromatic heterocycles. The minimum absolute atomic E-state index is 0.0280. The largest absolute Gasteiger partial charge is 0.457 e. The molecule has 0 aliphatic rings. The number of rotatable bonds is 4. The van der Waals surface area contributed by atoms with E-state index < -0.39 is 5.97 Å². The van der Waals surface area contributed by atoms with Crippen LogP contribution in [0.15, 0.2) is 59.0 Å². The number of carbonyl (C=O) groups excluding carboxylic acids is 1. The number of nitrogens with one attached hydrogen (secondary N) is 1. The minimum atomic E-state index is -0.614. The molecule has 4 nitrogen and oxygen atoms in total. The van der Waals surface area contributed by atoms with E-state index in [2.05, 4.69) is 11.1 Å². The molecule has 0 saturated carbocycles. The average molecular weight is 325 g/mol. The Kier molecular flexibility index (Phi) is 4.39. The standard InChI is InChI=1S/C18H15NO3S/c1-12-9-19-10-15(17(12)20)18(21)22-11-13-4-6-14(7-5-13)16-3-2-8-23-16/h2-10H,11H2,1H3,(H,19,20). The Balaban J connectivity index is 1.67. The number of hydrogen-bond acceptors (Lipinski definition) is 4. The van der Waals surface area contributed by atoms with Crippen molar-refractivity contribution in [2.75, 3.05) is 0 Å². The second-order valence-electron chi connectivity index (χ2n) is 5.13. The van der Waals surface area contributed by atoms with Gasteiger partial charge in [-0.3, -0.25) is 4.79 Å². The van der Waals surface area contributed by atoms with Crippen LogP contribution in [0.1, 0.15) is 21.5 Å². The lowest BCUT2D eigenvalue weighted by molar-refractivity contribution is 0.0470. The molecule has 0 amide bonds. The van der Waals surface area contributed by atoms with E-state index in [0.717, 1.165) is 11.1 Å². The number of carbonyl (C=O) groups is 1. The van der Waals surface area contributed by atoms with E-state index in [9.17, 15) is 9.59 Å². The number of thiophene rings is 1. The molecular formula is C18H15NO3S. The van der Waals surface area contributed by atoms with Crippen molar-refractivity contribution in [1.82, 2.24) is 4.98 Å². The maximum atomic E-state index is 12.0. The summed E-state index contributed by atoms with van der Waals surface area (Å²) in [6.45, 7) is 1.79. The van der Waals surface area contributed by atoms with E-state index in [-0.39, 0.29) is 17.6 Å². The SMILES string of the molecule is Cc1c[nH]cc(C(=O)OCc2ccc(-c3cccs3)cc2)c1=O. The van der Waals surface area contributed by atoms with Gasteiger partial charge in [-0.2, -0.15) is 0 Å². The lowest BCUT2D eigenvalue weighted by Gasteiger charge is -2.06. The van der Waals surface area contributed by atoms with Crippen molar-refractivity contribution in [3.05, 3.63) is 81.1 Å². The summed E-state index contributed by atoms with van der Waals surface area (Å²) in [5.41, 5.74) is 2.22. The Bertz CT molecular complexity index is 864. The number of H-pyrrole nitrogens is 1. The van der Waals surface area contributed by atoms with Crippen LogP contribution in [0.3, 0.4) is 0 Å². The van der Waals surface area contributed by atoms with Crippen molar-refractivity contribution >= 4 is 17.3 Å². The van der Waals surface area contributed by atoms with Gasteiger partial charge in [0.2, 0.25) is 0 Å². The monoisotopic (exact) mass is 325 g/mol. The molecule has 2 heterocycles. The van der Waals surface area contributed by atoms with Gasteiger partial charge in [-0.05, 0) is 29.5 Å². The Morgan fingerprint density at radius 3 is 2.65 bits per heavy atom. The summed E-state index contributed by atoms with van der Waals surface area (Å²) in [6.07, 6.45) is 2.93. The van der Waals surface area contributed by atoms with Crippen molar-refractivity contribution in [2.45, 2.75) is 13.5 Å². The molecule has 0 bridgehead atoms. The van der Waals surface area contributed by atoms with Gasteiger partial charge >= 0.3 is 5.97 Å². The number of pyridine rings is 1. The van der Waals surface area contributed by atoms with Crippen molar-refractivity contribution in [2.24, 2.45) is 0 Å². The van der Waals surface area contributed by atoms with Gasteiger partial charge in [0, 0.05) is 22.8 Å². The van der Waals surface area contributed by atoms with Crippen molar-refractivity contribution < 1.29 is 9.53 Å². The lowest BCUT2D eigenvalue weighted by atomic mass is 10.1. The Morgan fingerprint density at radius 2 is 1.96 bits per heavy atom. The molecule has 0 saturated heterocycles. The number of esters is 1. The number of aromatic amines is 1. The Morgan fingerprint density at radius 1 is 1.17 bits per heavy atom. The molecule has 0 fully saturated rings. The molecule has 0 unspecified atom stereocenters. The van der Waals surface area contributed by atoms with E-state index in [1.807, 2.05) is 35.7 Å². The van der Waals surface area contributed by atoms with E-state index in [0.29, 0.717) is 5.56 Å². The predicted molar refractivity (Wildman–Crippen MR) is 90.7 cm³/mol. The molecule has 3 aromatic rings.